The van der Waals surface area contributed by atoms with Crippen molar-refractivity contribution < 1.29 is 0 Å². The molecule has 0 bridgehead atoms. The van der Waals surface area contributed by atoms with Gasteiger partial charge < -0.3 is 4.98 Å². The van der Waals surface area contributed by atoms with Crippen molar-refractivity contribution in [2.24, 2.45) is 5.41 Å². The van der Waals surface area contributed by atoms with Crippen LogP contribution in [0.1, 0.15) is 56.3 Å². The number of hydrogen-bond acceptors (Lipinski definition) is 2. The molecule has 1 N–H and O–H groups in total. The maximum atomic E-state index is 9.14. The van der Waals surface area contributed by atoms with Gasteiger partial charge in [-0.3, -0.25) is 4.90 Å². The highest BCUT2D eigenvalue weighted by Crippen LogP contribution is 2.53. The fraction of sp³-hybridized carbons (Fsp3) is 0.550. The maximum absolute atomic E-state index is 9.14. The van der Waals surface area contributed by atoms with Crippen molar-refractivity contribution in [1.29, 1.82) is 5.26 Å². The van der Waals surface area contributed by atoms with Crippen molar-refractivity contribution >= 4 is 10.9 Å². The summed E-state index contributed by atoms with van der Waals surface area (Å²) in [5.74, 6) is 0. The number of H-pyrrole nitrogens is 1. The minimum Gasteiger partial charge on any atom is -0.357 e. The van der Waals surface area contributed by atoms with Crippen LogP contribution in [0.2, 0.25) is 0 Å². The smallest absolute Gasteiger partial charge is 0.0621 e. The highest BCUT2D eigenvalue weighted by Gasteiger charge is 2.46. The van der Waals surface area contributed by atoms with E-state index in [0.29, 0.717) is 12.5 Å². The topological polar surface area (TPSA) is 42.8 Å². The van der Waals surface area contributed by atoms with Gasteiger partial charge >= 0.3 is 0 Å². The normalized spacial score (nSPS) is 27.4. The van der Waals surface area contributed by atoms with Crippen LogP contribution < -0.4 is 0 Å². The molecule has 0 aliphatic carbocycles. The highest BCUT2D eigenvalue weighted by atomic mass is 15.2. The number of piperidine rings is 1. The number of aromatic nitrogens is 1. The van der Waals surface area contributed by atoms with Gasteiger partial charge in [-0.15, -0.1) is 0 Å². The zero-order valence-electron chi connectivity index (χ0n) is 13.9. The average Bonchev–Trinajstić information content (AvgIpc) is 2.98. The standard InChI is InChI=1S/C20H25N3/c1-2-20(10-5-12-21)11-6-13-23-14-9-16-15-7-3-4-8-17(15)22-18(16)19(20)23/h3-4,7-8,19,22H,2,5-6,9-11,13-14H2,1H3/t19-,20-/m1/s1. The monoisotopic (exact) mass is 307 g/mol. The fourth-order valence-electron chi connectivity index (χ4n) is 5.11. The maximum Gasteiger partial charge on any atom is 0.0621 e. The Labute approximate surface area is 138 Å². The van der Waals surface area contributed by atoms with Gasteiger partial charge in [0.25, 0.3) is 0 Å². The molecule has 1 saturated heterocycles. The van der Waals surface area contributed by atoms with E-state index in [1.165, 1.54) is 41.5 Å². The van der Waals surface area contributed by atoms with E-state index in [-0.39, 0.29) is 5.41 Å². The van der Waals surface area contributed by atoms with E-state index in [9.17, 15) is 0 Å². The Morgan fingerprint density at radius 3 is 3.04 bits per heavy atom. The first-order chi connectivity index (χ1) is 11.3. The first-order valence-corrected chi connectivity index (χ1v) is 8.99. The van der Waals surface area contributed by atoms with Crippen molar-refractivity contribution in [1.82, 2.24) is 9.88 Å². The molecular formula is C20H25N3. The van der Waals surface area contributed by atoms with Crippen molar-refractivity contribution in [3.63, 3.8) is 0 Å². The molecule has 23 heavy (non-hydrogen) atoms. The molecule has 2 aliphatic heterocycles. The zero-order valence-corrected chi connectivity index (χ0v) is 13.9. The summed E-state index contributed by atoms with van der Waals surface area (Å²) < 4.78 is 0. The molecule has 4 rings (SSSR count). The van der Waals surface area contributed by atoms with Crippen molar-refractivity contribution in [3.05, 3.63) is 35.5 Å². The Hall–Kier alpha value is -1.79. The Bertz CT molecular complexity index is 754. The van der Waals surface area contributed by atoms with E-state index < -0.39 is 0 Å². The van der Waals surface area contributed by atoms with Gasteiger partial charge in [-0.1, -0.05) is 25.1 Å². The van der Waals surface area contributed by atoms with Crippen LogP contribution in [0.15, 0.2) is 24.3 Å². The third-order valence-electron chi connectivity index (χ3n) is 6.27. The second-order valence-corrected chi connectivity index (χ2v) is 7.23. The first-order valence-electron chi connectivity index (χ1n) is 8.99. The number of para-hydroxylation sites is 1. The Morgan fingerprint density at radius 2 is 2.22 bits per heavy atom. The van der Waals surface area contributed by atoms with Crippen molar-refractivity contribution in [2.45, 2.75) is 51.5 Å². The quantitative estimate of drug-likeness (QED) is 0.903. The molecule has 0 unspecified atom stereocenters. The van der Waals surface area contributed by atoms with Gasteiger partial charge in [0, 0.05) is 29.6 Å². The van der Waals surface area contributed by atoms with Crippen LogP contribution in [-0.2, 0) is 6.42 Å². The number of hydrogen-bond donors (Lipinski definition) is 1. The molecule has 2 aromatic rings. The van der Waals surface area contributed by atoms with Crippen LogP contribution in [0.3, 0.4) is 0 Å². The molecule has 3 heterocycles. The summed E-state index contributed by atoms with van der Waals surface area (Å²) in [7, 11) is 0. The van der Waals surface area contributed by atoms with Gasteiger partial charge in [0.2, 0.25) is 0 Å². The van der Waals surface area contributed by atoms with Gasteiger partial charge in [-0.2, -0.15) is 5.26 Å². The molecule has 3 nitrogen and oxygen atoms in total. The predicted octanol–water partition coefficient (Wildman–Crippen LogP) is 4.56. The zero-order chi connectivity index (χ0) is 15.9. The van der Waals surface area contributed by atoms with Gasteiger partial charge in [0.15, 0.2) is 0 Å². The Balaban J connectivity index is 1.85. The van der Waals surface area contributed by atoms with E-state index >= 15 is 0 Å². The molecule has 0 amide bonds. The van der Waals surface area contributed by atoms with E-state index in [1.54, 1.807) is 0 Å². The summed E-state index contributed by atoms with van der Waals surface area (Å²) in [4.78, 5) is 6.44. The minimum atomic E-state index is 0.254. The van der Waals surface area contributed by atoms with Crippen molar-refractivity contribution in [2.75, 3.05) is 13.1 Å². The lowest BCUT2D eigenvalue weighted by Crippen LogP contribution is -2.49. The number of nitrogens with one attached hydrogen (secondary N) is 1. The van der Waals surface area contributed by atoms with Crippen LogP contribution >= 0.6 is 0 Å². The van der Waals surface area contributed by atoms with E-state index in [0.717, 1.165) is 25.8 Å². The van der Waals surface area contributed by atoms with E-state index in [4.69, 9.17) is 5.26 Å². The van der Waals surface area contributed by atoms with Crippen molar-refractivity contribution in [3.8, 4) is 6.07 Å². The third-order valence-corrected chi connectivity index (χ3v) is 6.27. The molecule has 1 aromatic carbocycles. The minimum absolute atomic E-state index is 0.254. The van der Waals surface area contributed by atoms with Gasteiger partial charge in [-0.05, 0) is 55.7 Å². The summed E-state index contributed by atoms with van der Waals surface area (Å²) in [6.45, 7) is 4.68. The van der Waals surface area contributed by atoms with Gasteiger partial charge in [0.1, 0.15) is 0 Å². The third kappa shape index (κ3) is 2.20. The highest BCUT2D eigenvalue weighted by molar-refractivity contribution is 5.85. The number of benzene rings is 1. The first kappa shape index (κ1) is 14.8. The summed E-state index contributed by atoms with van der Waals surface area (Å²) in [6.07, 6.45) is 6.52. The largest absolute Gasteiger partial charge is 0.357 e. The summed E-state index contributed by atoms with van der Waals surface area (Å²) in [6, 6.07) is 11.6. The lowest BCUT2D eigenvalue weighted by atomic mass is 9.65. The van der Waals surface area contributed by atoms with E-state index in [2.05, 4.69) is 47.1 Å². The SMILES string of the molecule is CC[C@@]1(CCC#N)CCCN2CCc3c([nH]c4ccccc34)[C@@H]21. The molecule has 1 aromatic heterocycles. The average molecular weight is 307 g/mol. The number of fused-ring (bicyclic) bond motifs is 5. The Kier molecular flexibility index (Phi) is 3.66. The molecule has 0 spiro atoms. The summed E-state index contributed by atoms with van der Waals surface area (Å²) in [5.41, 5.74) is 4.50. The number of aromatic amines is 1. The number of nitriles is 1. The summed E-state index contributed by atoms with van der Waals surface area (Å²) >= 11 is 0. The fourth-order valence-corrected chi connectivity index (χ4v) is 5.11. The number of rotatable bonds is 3. The van der Waals surface area contributed by atoms with Crippen LogP contribution in [0.5, 0.6) is 0 Å². The van der Waals surface area contributed by atoms with E-state index in [1.807, 2.05) is 0 Å². The molecule has 0 saturated carbocycles. The van der Waals surface area contributed by atoms with Crippen LogP contribution in [0.25, 0.3) is 10.9 Å². The molecule has 2 aliphatic rings. The second kappa shape index (κ2) is 5.69. The molecular weight excluding hydrogens is 282 g/mol. The lowest BCUT2D eigenvalue weighted by Gasteiger charge is -2.52. The second-order valence-electron chi connectivity index (χ2n) is 7.23. The van der Waals surface area contributed by atoms with Crippen LogP contribution in [0, 0.1) is 16.7 Å². The molecule has 0 radical (unpaired) electrons. The molecule has 3 heteroatoms. The predicted molar refractivity (Wildman–Crippen MR) is 93.1 cm³/mol. The Morgan fingerprint density at radius 1 is 1.35 bits per heavy atom. The van der Waals surface area contributed by atoms with Gasteiger partial charge in [0.05, 0.1) is 12.1 Å². The number of nitrogens with zero attached hydrogens (tertiary/aromatic N) is 2. The van der Waals surface area contributed by atoms with Crippen LogP contribution in [0.4, 0.5) is 0 Å². The lowest BCUT2D eigenvalue weighted by molar-refractivity contribution is -0.00640. The molecule has 1 fully saturated rings. The molecule has 2 atom stereocenters. The van der Waals surface area contributed by atoms with Crippen LogP contribution in [-0.4, -0.2) is 23.0 Å². The van der Waals surface area contributed by atoms with Gasteiger partial charge in [-0.25, -0.2) is 0 Å². The molecule has 120 valence electrons. The summed E-state index contributed by atoms with van der Waals surface area (Å²) in [5, 5.41) is 10.5.